The second kappa shape index (κ2) is 6.64. The zero-order chi connectivity index (χ0) is 11.8. The summed E-state index contributed by atoms with van der Waals surface area (Å²) in [5.74, 6) is -1.50. The molecule has 0 saturated carbocycles. The fraction of sp³-hybridized carbons (Fsp3) is 0.400. The van der Waals surface area contributed by atoms with Crippen LogP contribution in [0.1, 0.15) is 6.92 Å². The van der Waals surface area contributed by atoms with Gasteiger partial charge in [0, 0.05) is 5.92 Å². The minimum atomic E-state index is -1.13. The Bertz CT molecular complexity index is 262. The Kier molecular flexibility index (Phi) is 5.85. The van der Waals surface area contributed by atoms with Crippen molar-refractivity contribution in [3.05, 3.63) is 25.3 Å². The molecule has 0 heterocycles. The number of carboxylic acids is 1. The minimum Gasteiger partial charge on any atom is -0.480 e. The molecule has 84 valence electrons. The lowest BCUT2D eigenvalue weighted by Crippen LogP contribution is -2.44. The van der Waals surface area contributed by atoms with Gasteiger partial charge in [-0.2, -0.15) is 0 Å². The monoisotopic (exact) mass is 213 g/mol. The van der Waals surface area contributed by atoms with Crippen molar-refractivity contribution in [1.29, 1.82) is 0 Å². The largest absolute Gasteiger partial charge is 0.480 e. The number of carbonyl (C=O) groups excluding carboxylic acids is 1. The van der Waals surface area contributed by atoms with Gasteiger partial charge in [0.15, 0.2) is 0 Å². The highest BCUT2D eigenvalue weighted by atomic mass is 16.5. The first-order valence-electron chi connectivity index (χ1n) is 4.42. The third-order valence-corrected chi connectivity index (χ3v) is 1.77. The van der Waals surface area contributed by atoms with E-state index in [1.54, 1.807) is 6.92 Å². The molecule has 0 spiro atoms. The lowest BCUT2D eigenvalue weighted by atomic mass is 10.0. The number of amides is 1. The van der Waals surface area contributed by atoms with Gasteiger partial charge in [0.1, 0.15) is 12.6 Å². The number of hydrogen-bond acceptors (Lipinski definition) is 3. The molecule has 0 bridgehead atoms. The average Bonchev–Trinajstić information content (AvgIpc) is 2.21. The van der Waals surface area contributed by atoms with E-state index in [4.69, 9.17) is 5.11 Å². The Morgan fingerprint density at radius 1 is 1.53 bits per heavy atom. The molecule has 0 rings (SSSR count). The Morgan fingerprint density at radius 3 is 2.53 bits per heavy atom. The molecule has 0 aromatic heterocycles. The maximum atomic E-state index is 11.1. The summed E-state index contributed by atoms with van der Waals surface area (Å²) in [5.41, 5.74) is 0. The van der Waals surface area contributed by atoms with Gasteiger partial charge in [-0.25, -0.2) is 9.59 Å². The summed E-state index contributed by atoms with van der Waals surface area (Å²) in [6.45, 7) is 8.50. The van der Waals surface area contributed by atoms with Gasteiger partial charge in [0.2, 0.25) is 0 Å². The lowest BCUT2D eigenvalue weighted by Gasteiger charge is -2.17. The normalized spacial score (nSPS) is 13.4. The lowest BCUT2D eigenvalue weighted by molar-refractivity contribution is -0.140. The number of carboxylic acid groups (broad SMARTS) is 1. The maximum absolute atomic E-state index is 11.1. The van der Waals surface area contributed by atoms with Crippen LogP contribution in [-0.2, 0) is 9.53 Å². The minimum absolute atomic E-state index is 0.0423. The highest BCUT2D eigenvalue weighted by molar-refractivity contribution is 5.80. The van der Waals surface area contributed by atoms with E-state index in [1.165, 1.54) is 12.2 Å². The predicted octanol–water partition coefficient (Wildman–Crippen LogP) is 1.17. The van der Waals surface area contributed by atoms with Crippen molar-refractivity contribution in [2.24, 2.45) is 5.92 Å². The molecule has 2 atom stereocenters. The number of nitrogens with one attached hydrogen (secondary N) is 1. The predicted molar refractivity (Wildman–Crippen MR) is 55.5 cm³/mol. The summed E-state index contributed by atoms with van der Waals surface area (Å²) in [5, 5.41) is 11.0. The van der Waals surface area contributed by atoms with Crippen LogP contribution in [0.3, 0.4) is 0 Å². The molecule has 15 heavy (non-hydrogen) atoms. The molecule has 0 aliphatic carbocycles. The quantitative estimate of drug-likeness (QED) is 0.649. The number of rotatable bonds is 6. The number of alkyl carbamates (subject to hydrolysis) is 1. The van der Waals surface area contributed by atoms with Crippen LogP contribution in [0.25, 0.3) is 0 Å². The maximum Gasteiger partial charge on any atom is 0.408 e. The van der Waals surface area contributed by atoms with Crippen LogP contribution in [0, 0.1) is 5.92 Å². The number of ether oxygens (including phenoxy) is 1. The zero-order valence-electron chi connectivity index (χ0n) is 8.60. The van der Waals surface area contributed by atoms with E-state index in [-0.39, 0.29) is 12.5 Å². The fourth-order valence-electron chi connectivity index (χ4n) is 0.857. The van der Waals surface area contributed by atoms with E-state index in [9.17, 15) is 9.59 Å². The molecule has 2 N–H and O–H groups in total. The van der Waals surface area contributed by atoms with Gasteiger partial charge in [-0.05, 0) is 0 Å². The van der Waals surface area contributed by atoms with Gasteiger partial charge in [-0.3, -0.25) is 0 Å². The highest BCUT2D eigenvalue weighted by Crippen LogP contribution is 2.04. The molecule has 0 radical (unpaired) electrons. The third kappa shape index (κ3) is 4.85. The first-order valence-corrected chi connectivity index (χ1v) is 4.42. The zero-order valence-corrected chi connectivity index (χ0v) is 8.60. The second-order valence-corrected chi connectivity index (χ2v) is 2.94. The number of hydrogen-bond donors (Lipinski definition) is 2. The van der Waals surface area contributed by atoms with Crippen molar-refractivity contribution in [3.8, 4) is 0 Å². The average molecular weight is 213 g/mol. The van der Waals surface area contributed by atoms with Crippen molar-refractivity contribution in [2.45, 2.75) is 13.0 Å². The van der Waals surface area contributed by atoms with Crippen molar-refractivity contribution >= 4 is 12.1 Å². The van der Waals surface area contributed by atoms with Crippen LogP contribution in [0.15, 0.2) is 25.3 Å². The third-order valence-electron chi connectivity index (χ3n) is 1.77. The standard InChI is InChI=1S/C10H15NO4/c1-4-6-15-10(14)11-8(9(12)13)7(3)5-2/h4-5,7-8H,1-2,6H2,3H3,(H,11,14)(H,12,13). The molecule has 0 aliphatic rings. The van der Waals surface area contributed by atoms with Gasteiger partial charge in [-0.1, -0.05) is 25.7 Å². The van der Waals surface area contributed by atoms with Crippen LogP contribution < -0.4 is 5.32 Å². The van der Waals surface area contributed by atoms with Crippen LogP contribution in [0.5, 0.6) is 0 Å². The van der Waals surface area contributed by atoms with E-state index < -0.39 is 18.1 Å². The van der Waals surface area contributed by atoms with E-state index in [0.29, 0.717) is 0 Å². The molecule has 0 aromatic rings. The van der Waals surface area contributed by atoms with Crippen LogP contribution in [-0.4, -0.2) is 29.8 Å². The molecule has 5 nitrogen and oxygen atoms in total. The molecule has 0 saturated heterocycles. The van der Waals surface area contributed by atoms with Crippen molar-refractivity contribution in [1.82, 2.24) is 5.32 Å². The van der Waals surface area contributed by atoms with Crippen molar-refractivity contribution < 1.29 is 19.4 Å². The first kappa shape index (κ1) is 13.2. The molecular formula is C10H15NO4. The molecule has 0 aromatic carbocycles. The van der Waals surface area contributed by atoms with E-state index in [2.05, 4.69) is 23.2 Å². The summed E-state index contributed by atoms with van der Waals surface area (Å²) in [6, 6.07) is -1.03. The Morgan fingerprint density at radius 2 is 2.13 bits per heavy atom. The smallest absolute Gasteiger partial charge is 0.408 e. The Labute approximate surface area is 88.4 Å². The summed E-state index contributed by atoms with van der Waals surface area (Å²) >= 11 is 0. The molecule has 1 amide bonds. The Hall–Kier alpha value is -1.78. The van der Waals surface area contributed by atoms with E-state index >= 15 is 0 Å². The summed E-state index contributed by atoms with van der Waals surface area (Å²) < 4.78 is 4.60. The molecule has 2 unspecified atom stereocenters. The van der Waals surface area contributed by atoms with E-state index in [0.717, 1.165) is 0 Å². The highest BCUT2D eigenvalue weighted by Gasteiger charge is 2.24. The number of carbonyl (C=O) groups is 2. The molecule has 5 heteroatoms. The Balaban J connectivity index is 4.28. The first-order chi connectivity index (χ1) is 7.02. The second-order valence-electron chi connectivity index (χ2n) is 2.94. The number of aliphatic carboxylic acids is 1. The summed E-state index contributed by atoms with van der Waals surface area (Å²) in [7, 11) is 0. The van der Waals surface area contributed by atoms with Gasteiger partial charge in [-0.15, -0.1) is 6.58 Å². The van der Waals surface area contributed by atoms with Crippen LogP contribution in [0.4, 0.5) is 4.79 Å². The van der Waals surface area contributed by atoms with Crippen molar-refractivity contribution in [2.75, 3.05) is 6.61 Å². The summed E-state index contributed by atoms with van der Waals surface area (Å²) in [4.78, 5) is 21.8. The summed E-state index contributed by atoms with van der Waals surface area (Å²) in [6.07, 6.45) is 2.06. The van der Waals surface area contributed by atoms with Crippen molar-refractivity contribution in [3.63, 3.8) is 0 Å². The van der Waals surface area contributed by atoms with Crippen LogP contribution in [0.2, 0.25) is 0 Å². The van der Waals surface area contributed by atoms with Gasteiger partial charge in [0.05, 0.1) is 0 Å². The van der Waals surface area contributed by atoms with E-state index in [1.807, 2.05) is 0 Å². The fourth-order valence-corrected chi connectivity index (χ4v) is 0.857. The molecule has 0 aliphatic heterocycles. The van der Waals surface area contributed by atoms with Crippen LogP contribution >= 0.6 is 0 Å². The van der Waals surface area contributed by atoms with Gasteiger partial charge in [0.25, 0.3) is 0 Å². The molecule has 0 fully saturated rings. The molecular weight excluding hydrogens is 198 g/mol. The van der Waals surface area contributed by atoms with Gasteiger partial charge < -0.3 is 15.2 Å². The van der Waals surface area contributed by atoms with Gasteiger partial charge >= 0.3 is 12.1 Å². The topological polar surface area (TPSA) is 75.6 Å². The SMILES string of the molecule is C=CCOC(=O)NC(C(=O)O)C(C)C=C.